The molecule has 0 aromatic heterocycles. The van der Waals surface area contributed by atoms with Crippen LogP contribution in [0.4, 0.5) is 0 Å². The molecule has 100 valence electrons. The summed E-state index contributed by atoms with van der Waals surface area (Å²) in [4.78, 5) is 0. The minimum Gasteiger partial charge on any atom is -0.493 e. The van der Waals surface area contributed by atoms with Crippen LogP contribution in [-0.4, -0.2) is 27.3 Å². The van der Waals surface area contributed by atoms with Crippen LogP contribution in [0, 0.1) is 0 Å². The Morgan fingerprint density at radius 3 is 2.44 bits per heavy atom. The molecule has 0 amide bonds. The summed E-state index contributed by atoms with van der Waals surface area (Å²) in [5.74, 6) is 1.63. The number of nitrogens with one attached hydrogen (secondary N) is 1. The van der Waals surface area contributed by atoms with Gasteiger partial charge in [-0.1, -0.05) is 13.0 Å². The second-order valence-corrected chi connectivity index (χ2v) is 5.03. The van der Waals surface area contributed by atoms with Crippen molar-refractivity contribution in [2.75, 3.05) is 27.3 Å². The first kappa shape index (κ1) is 13.2. The Balaban J connectivity index is 2.13. The van der Waals surface area contributed by atoms with Crippen LogP contribution in [-0.2, 0) is 5.41 Å². The number of rotatable bonds is 7. The van der Waals surface area contributed by atoms with Gasteiger partial charge in [0, 0.05) is 12.0 Å². The lowest BCUT2D eigenvalue weighted by Crippen LogP contribution is -2.27. The highest BCUT2D eigenvalue weighted by Gasteiger charge is 2.44. The van der Waals surface area contributed by atoms with Crippen LogP contribution in [0.15, 0.2) is 18.2 Å². The number of hydrogen-bond donors (Lipinski definition) is 1. The fourth-order valence-electron chi connectivity index (χ4n) is 2.39. The van der Waals surface area contributed by atoms with Crippen molar-refractivity contribution in [1.82, 2.24) is 5.32 Å². The highest BCUT2D eigenvalue weighted by Crippen LogP contribution is 2.49. The largest absolute Gasteiger partial charge is 0.493 e. The van der Waals surface area contributed by atoms with Gasteiger partial charge in [-0.2, -0.15) is 0 Å². The zero-order valence-corrected chi connectivity index (χ0v) is 11.6. The highest BCUT2D eigenvalue weighted by molar-refractivity contribution is 5.47. The molecule has 0 unspecified atom stereocenters. The first-order valence-corrected chi connectivity index (χ1v) is 6.69. The molecule has 0 radical (unpaired) electrons. The van der Waals surface area contributed by atoms with Crippen LogP contribution in [0.25, 0.3) is 0 Å². The van der Waals surface area contributed by atoms with Gasteiger partial charge in [-0.15, -0.1) is 0 Å². The Bertz CT molecular complexity index is 399. The van der Waals surface area contributed by atoms with E-state index in [1.165, 1.54) is 24.8 Å². The molecule has 0 aliphatic heterocycles. The lowest BCUT2D eigenvalue weighted by Gasteiger charge is -2.18. The summed E-state index contributed by atoms with van der Waals surface area (Å²) in [6, 6.07) is 6.30. The normalized spacial score (nSPS) is 16.4. The summed E-state index contributed by atoms with van der Waals surface area (Å²) in [5.41, 5.74) is 1.69. The van der Waals surface area contributed by atoms with Crippen LogP contribution >= 0.6 is 0 Å². The van der Waals surface area contributed by atoms with Gasteiger partial charge in [-0.05, 0) is 43.5 Å². The molecule has 18 heavy (non-hydrogen) atoms. The van der Waals surface area contributed by atoms with E-state index in [4.69, 9.17) is 9.47 Å². The lowest BCUT2D eigenvalue weighted by molar-refractivity contribution is 0.354. The van der Waals surface area contributed by atoms with Gasteiger partial charge in [-0.25, -0.2) is 0 Å². The Hall–Kier alpha value is -1.22. The van der Waals surface area contributed by atoms with E-state index in [2.05, 4.69) is 24.4 Å². The summed E-state index contributed by atoms with van der Waals surface area (Å²) in [6.07, 6.45) is 3.71. The van der Waals surface area contributed by atoms with Gasteiger partial charge in [0.2, 0.25) is 0 Å². The molecule has 0 bridgehead atoms. The van der Waals surface area contributed by atoms with E-state index in [1.54, 1.807) is 14.2 Å². The number of benzene rings is 1. The van der Waals surface area contributed by atoms with Crippen LogP contribution in [0.1, 0.15) is 31.7 Å². The number of methoxy groups -OCH3 is 2. The summed E-state index contributed by atoms with van der Waals surface area (Å²) in [5, 5.41) is 3.53. The Morgan fingerprint density at radius 1 is 1.17 bits per heavy atom. The van der Waals surface area contributed by atoms with Crippen LogP contribution in [0.3, 0.4) is 0 Å². The fourth-order valence-corrected chi connectivity index (χ4v) is 2.39. The maximum absolute atomic E-state index is 5.38. The van der Waals surface area contributed by atoms with Gasteiger partial charge in [-0.3, -0.25) is 0 Å². The smallest absolute Gasteiger partial charge is 0.161 e. The van der Waals surface area contributed by atoms with Crippen molar-refractivity contribution in [3.8, 4) is 11.5 Å². The summed E-state index contributed by atoms with van der Waals surface area (Å²) in [6.45, 7) is 4.36. The van der Waals surface area contributed by atoms with Gasteiger partial charge < -0.3 is 14.8 Å². The minimum absolute atomic E-state index is 0.328. The molecule has 2 rings (SSSR count). The molecule has 1 aliphatic carbocycles. The fraction of sp³-hybridized carbons (Fsp3) is 0.600. The van der Waals surface area contributed by atoms with E-state index in [9.17, 15) is 0 Å². The zero-order valence-electron chi connectivity index (χ0n) is 11.6. The highest BCUT2D eigenvalue weighted by atomic mass is 16.5. The molecule has 3 nitrogen and oxygen atoms in total. The maximum Gasteiger partial charge on any atom is 0.161 e. The average Bonchev–Trinajstić information content (AvgIpc) is 3.19. The number of hydrogen-bond acceptors (Lipinski definition) is 3. The second kappa shape index (κ2) is 5.61. The SMILES string of the molecule is CCCNCC1(c2ccc(OC)c(OC)c2)CC1. The predicted octanol–water partition coefficient (Wildman–Crippen LogP) is 2.74. The molecule has 0 atom stereocenters. The van der Waals surface area contributed by atoms with E-state index in [0.717, 1.165) is 24.6 Å². The first-order valence-electron chi connectivity index (χ1n) is 6.69. The molecule has 0 saturated heterocycles. The maximum atomic E-state index is 5.38. The molecule has 1 aromatic carbocycles. The molecule has 1 fully saturated rings. The van der Waals surface area contributed by atoms with Crippen LogP contribution < -0.4 is 14.8 Å². The van der Waals surface area contributed by atoms with Crippen LogP contribution in [0.5, 0.6) is 11.5 Å². The van der Waals surface area contributed by atoms with E-state index >= 15 is 0 Å². The van der Waals surface area contributed by atoms with E-state index in [0.29, 0.717) is 5.41 Å². The van der Waals surface area contributed by atoms with Gasteiger partial charge in [0.25, 0.3) is 0 Å². The van der Waals surface area contributed by atoms with Crippen molar-refractivity contribution < 1.29 is 9.47 Å². The second-order valence-electron chi connectivity index (χ2n) is 5.03. The Labute approximate surface area is 109 Å². The van der Waals surface area contributed by atoms with E-state index in [1.807, 2.05) is 6.07 Å². The lowest BCUT2D eigenvalue weighted by atomic mass is 9.95. The summed E-state index contributed by atoms with van der Waals surface area (Å²) < 4.78 is 10.7. The predicted molar refractivity (Wildman–Crippen MR) is 73.6 cm³/mol. The monoisotopic (exact) mass is 249 g/mol. The topological polar surface area (TPSA) is 30.5 Å². The standard InChI is InChI=1S/C15H23NO2/c1-4-9-16-11-15(7-8-15)12-5-6-13(17-2)14(10-12)18-3/h5-6,10,16H,4,7-9,11H2,1-3H3. The van der Waals surface area contributed by atoms with Crippen molar-refractivity contribution in [2.24, 2.45) is 0 Å². The van der Waals surface area contributed by atoms with Gasteiger partial charge >= 0.3 is 0 Å². The third-order valence-electron chi connectivity index (χ3n) is 3.74. The third-order valence-corrected chi connectivity index (χ3v) is 3.74. The summed E-state index contributed by atoms with van der Waals surface area (Å²) in [7, 11) is 3.36. The Morgan fingerprint density at radius 2 is 1.89 bits per heavy atom. The van der Waals surface area contributed by atoms with Crippen molar-refractivity contribution in [3.05, 3.63) is 23.8 Å². The molecular weight excluding hydrogens is 226 g/mol. The quantitative estimate of drug-likeness (QED) is 0.754. The van der Waals surface area contributed by atoms with E-state index < -0.39 is 0 Å². The van der Waals surface area contributed by atoms with Crippen molar-refractivity contribution >= 4 is 0 Å². The zero-order chi connectivity index (χ0) is 13.0. The molecule has 1 saturated carbocycles. The summed E-state index contributed by atoms with van der Waals surface area (Å²) >= 11 is 0. The average molecular weight is 249 g/mol. The molecule has 0 spiro atoms. The van der Waals surface area contributed by atoms with Crippen molar-refractivity contribution in [3.63, 3.8) is 0 Å². The minimum atomic E-state index is 0.328. The van der Waals surface area contributed by atoms with Crippen molar-refractivity contribution in [1.29, 1.82) is 0 Å². The Kier molecular flexibility index (Phi) is 4.12. The van der Waals surface area contributed by atoms with Gasteiger partial charge in [0.05, 0.1) is 14.2 Å². The molecule has 1 aliphatic rings. The molecular formula is C15H23NO2. The molecule has 0 heterocycles. The van der Waals surface area contributed by atoms with Crippen molar-refractivity contribution in [2.45, 2.75) is 31.6 Å². The van der Waals surface area contributed by atoms with Gasteiger partial charge in [0.15, 0.2) is 11.5 Å². The van der Waals surface area contributed by atoms with E-state index in [-0.39, 0.29) is 0 Å². The third kappa shape index (κ3) is 2.61. The number of ether oxygens (including phenoxy) is 2. The van der Waals surface area contributed by atoms with Crippen LogP contribution in [0.2, 0.25) is 0 Å². The molecule has 3 heteroatoms. The first-order chi connectivity index (χ1) is 8.75. The van der Waals surface area contributed by atoms with Gasteiger partial charge in [0.1, 0.15) is 0 Å². The molecule has 1 N–H and O–H groups in total. The molecule has 1 aromatic rings.